The van der Waals surface area contributed by atoms with E-state index in [-0.39, 0.29) is 18.5 Å². The molecular formula is C12H18FNO2. The molecule has 1 aromatic carbocycles. The summed E-state index contributed by atoms with van der Waals surface area (Å²) < 4.78 is 18.3. The van der Waals surface area contributed by atoms with Crippen molar-refractivity contribution in [3.05, 3.63) is 29.6 Å². The van der Waals surface area contributed by atoms with Gasteiger partial charge in [-0.05, 0) is 32.2 Å². The highest BCUT2D eigenvalue weighted by molar-refractivity contribution is 5.33. The third-order valence-electron chi connectivity index (χ3n) is 2.68. The van der Waals surface area contributed by atoms with E-state index >= 15 is 0 Å². The largest absolute Gasteiger partial charge is 0.496 e. The molecule has 1 unspecified atom stereocenters. The first-order chi connectivity index (χ1) is 7.58. The molecule has 0 radical (unpaired) electrons. The average Bonchev–Trinajstić information content (AvgIpc) is 2.28. The maximum Gasteiger partial charge on any atom is 0.123 e. The van der Waals surface area contributed by atoms with Crippen LogP contribution in [-0.2, 0) is 6.54 Å². The standard InChI is InChI=1S/C12H18FNO2/c1-9(8-15)14(2)7-10-6-11(13)4-5-12(10)16-3/h4-6,9,15H,7-8H2,1-3H3. The van der Waals surface area contributed by atoms with Crippen LogP contribution in [-0.4, -0.2) is 36.8 Å². The predicted molar refractivity (Wildman–Crippen MR) is 61.0 cm³/mol. The quantitative estimate of drug-likeness (QED) is 0.830. The van der Waals surface area contributed by atoms with E-state index in [1.165, 1.54) is 12.1 Å². The van der Waals surface area contributed by atoms with Crippen LogP contribution in [0.2, 0.25) is 0 Å². The van der Waals surface area contributed by atoms with Gasteiger partial charge in [-0.1, -0.05) is 0 Å². The van der Waals surface area contributed by atoms with E-state index in [9.17, 15) is 4.39 Å². The predicted octanol–water partition coefficient (Wildman–Crippen LogP) is 1.65. The van der Waals surface area contributed by atoms with Crippen molar-refractivity contribution in [2.75, 3.05) is 20.8 Å². The zero-order chi connectivity index (χ0) is 12.1. The average molecular weight is 227 g/mol. The van der Waals surface area contributed by atoms with E-state index in [0.717, 1.165) is 5.56 Å². The fraction of sp³-hybridized carbons (Fsp3) is 0.500. The molecule has 16 heavy (non-hydrogen) atoms. The van der Waals surface area contributed by atoms with Crippen molar-refractivity contribution in [3.63, 3.8) is 0 Å². The van der Waals surface area contributed by atoms with Crippen LogP contribution < -0.4 is 4.74 Å². The van der Waals surface area contributed by atoms with Crippen molar-refractivity contribution >= 4 is 0 Å². The third kappa shape index (κ3) is 3.18. The number of methoxy groups -OCH3 is 1. The molecule has 0 saturated heterocycles. The number of halogens is 1. The van der Waals surface area contributed by atoms with Gasteiger partial charge in [0, 0.05) is 18.2 Å². The second-order valence-corrected chi connectivity index (χ2v) is 3.90. The number of aliphatic hydroxyl groups excluding tert-OH is 1. The maximum absolute atomic E-state index is 13.1. The van der Waals surface area contributed by atoms with Crippen molar-refractivity contribution in [3.8, 4) is 5.75 Å². The zero-order valence-electron chi connectivity index (χ0n) is 9.90. The molecule has 1 atom stereocenters. The van der Waals surface area contributed by atoms with E-state index in [2.05, 4.69) is 0 Å². The second kappa shape index (κ2) is 5.82. The Hall–Kier alpha value is -1.13. The molecule has 3 nitrogen and oxygen atoms in total. The lowest BCUT2D eigenvalue weighted by atomic mass is 10.1. The molecule has 0 spiro atoms. The van der Waals surface area contributed by atoms with E-state index in [1.54, 1.807) is 13.2 Å². The lowest BCUT2D eigenvalue weighted by molar-refractivity contribution is 0.153. The van der Waals surface area contributed by atoms with Crippen molar-refractivity contribution in [1.29, 1.82) is 0 Å². The minimum Gasteiger partial charge on any atom is -0.496 e. The Morgan fingerprint density at radius 1 is 1.50 bits per heavy atom. The summed E-state index contributed by atoms with van der Waals surface area (Å²) in [5, 5.41) is 9.02. The summed E-state index contributed by atoms with van der Waals surface area (Å²) in [6, 6.07) is 4.48. The Morgan fingerprint density at radius 3 is 2.75 bits per heavy atom. The van der Waals surface area contributed by atoms with Crippen LogP contribution in [0, 0.1) is 5.82 Å². The number of ether oxygens (including phenoxy) is 1. The second-order valence-electron chi connectivity index (χ2n) is 3.90. The van der Waals surface area contributed by atoms with Crippen LogP contribution in [0.3, 0.4) is 0 Å². The first-order valence-electron chi connectivity index (χ1n) is 5.22. The summed E-state index contributed by atoms with van der Waals surface area (Å²) in [7, 11) is 3.44. The smallest absolute Gasteiger partial charge is 0.123 e. The van der Waals surface area contributed by atoms with Crippen molar-refractivity contribution in [1.82, 2.24) is 4.90 Å². The van der Waals surface area contributed by atoms with E-state index < -0.39 is 0 Å². The molecule has 1 N–H and O–H groups in total. The molecule has 0 aromatic heterocycles. The number of hydrogen-bond donors (Lipinski definition) is 1. The zero-order valence-corrected chi connectivity index (χ0v) is 9.90. The number of aliphatic hydroxyl groups is 1. The van der Waals surface area contributed by atoms with E-state index in [1.807, 2.05) is 18.9 Å². The Bertz CT molecular complexity index is 344. The minimum atomic E-state index is -0.277. The van der Waals surface area contributed by atoms with Crippen LogP contribution in [0.15, 0.2) is 18.2 Å². The number of likely N-dealkylation sites (N-methyl/N-ethyl adjacent to an activating group) is 1. The summed E-state index contributed by atoms with van der Waals surface area (Å²) in [6.45, 7) is 2.53. The molecule has 0 bridgehead atoms. The Labute approximate surface area is 95.5 Å². The molecule has 0 aliphatic carbocycles. The highest BCUT2D eigenvalue weighted by Gasteiger charge is 2.11. The molecule has 1 rings (SSSR count). The molecule has 90 valence electrons. The fourth-order valence-corrected chi connectivity index (χ4v) is 1.43. The van der Waals surface area contributed by atoms with Crippen molar-refractivity contribution in [2.24, 2.45) is 0 Å². The van der Waals surface area contributed by atoms with Gasteiger partial charge in [-0.25, -0.2) is 4.39 Å². The summed E-state index contributed by atoms with van der Waals surface area (Å²) in [5.41, 5.74) is 0.783. The van der Waals surface area contributed by atoms with E-state index in [4.69, 9.17) is 9.84 Å². The van der Waals surface area contributed by atoms with Crippen LogP contribution in [0.4, 0.5) is 4.39 Å². The number of rotatable bonds is 5. The molecule has 0 amide bonds. The van der Waals surface area contributed by atoms with Gasteiger partial charge in [0.15, 0.2) is 0 Å². The van der Waals surface area contributed by atoms with E-state index in [0.29, 0.717) is 12.3 Å². The third-order valence-corrected chi connectivity index (χ3v) is 2.68. The van der Waals surface area contributed by atoms with Gasteiger partial charge in [0.05, 0.1) is 13.7 Å². The van der Waals surface area contributed by atoms with Gasteiger partial charge in [0.2, 0.25) is 0 Å². The van der Waals surface area contributed by atoms with Gasteiger partial charge in [0.25, 0.3) is 0 Å². The highest BCUT2D eigenvalue weighted by Crippen LogP contribution is 2.21. The number of benzene rings is 1. The Balaban J connectivity index is 2.82. The number of hydrogen-bond acceptors (Lipinski definition) is 3. The SMILES string of the molecule is COc1ccc(F)cc1CN(C)C(C)CO. The Morgan fingerprint density at radius 2 is 2.19 bits per heavy atom. The summed E-state index contributed by atoms with van der Waals surface area (Å²) >= 11 is 0. The normalized spacial score (nSPS) is 12.9. The van der Waals surface area contributed by atoms with Crippen LogP contribution in [0.1, 0.15) is 12.5 Å². The molecule has 1 aromatic rings. The molecule has 0 aliphatic rings. The molecule has 4 heteroatoms. The van der Waals surface area contributed by atoms with Gasteiger partial charge in [0.1, 0.15) is 11.6 Å². The summed E-state index contributed by atoms with van der Waals surface area (Å²) in [5.74, 6) is 0.388. The molecule has 0 fully saturated rings. The fourth-order valence-electron chi connectivity index (χ4n) is 1.43. The lowest BCUT2D eigenvalue weighted by Gasteiger charge is -2.23. The topological polar surface area (TPSA) is 32.7 Å². The van der Waals surface area contributed by atoms with Gasteiger partial charge in [-0.15, -0.1) is 0 Å². The molecular weight excluding hydrogens is 209 g/mol. The first-order valence-corrected chi connectivity index (χ1v) is 5.22. The first kappa shape index (κ1) is 12.9. The maximum atomic E-state index is 13.1. The van der Waals surface area contributed by atoms with Crippen molar-refractivity contribution in [2.45, 2.75) is 19.5 Å². The van der Waals surface area contributed by atoms with Gasteiger partial charge in [-0.2, -0.15) is 0 Å². The summed E-state index contributed by atoms with van der Waals surface area (Å²) in [4.78, 5) is 1.94. The minimum absolute atomic E-state index is 0.0352. The van der Waals surface area contributed by atoms with Crippen LogP contribution >= 0.6 is 0 Å². The van der Waals surface area contributed by atoms with Gasteiger partial charge >= 0.3 is 0 Å². The molecule has 0 aliphatic heterocycles. The molecule has 0 heterocycles. The lowest BCUT2D eigenvalue weighted by Crippen LogP contribution is -2.31. The van der Waals surface area contributed by atoms with Gasteiger partial charge in [-0.3, -0.25) is 4.90 Å². The van der Waals surface area contributed by atoms with Crippen molar-refractivity contribution < 1.29 is 14.2 Å². The number of nitrogens with zero attached hydrogens (tertiary/aromatic N) is 1. The monoisotopic (exact) mass is 227 g/mol. The van der Waals surface area contributed by atoms with Crippen LogP contribution in [0.5, 0.6) is 5.75 Å². The van der Waals surface area contributed by atoms with Gasteiger partial charge < -0.3 is 9.84 Å². The Kier molecular flexibility index (Phi) is 4.71. The molecule has 0 saturated carbocycles. The summed E-state index contributed by atoms with van der Waals surface area (Å²) in [6.07, 6.45) is 0. The highest BCUT2D eigenvalue weighted by atomic mass is 19.1. The van der Waals surface area contributed by atoms with Crippen LogP contribution in [0.25, 0.3) is 0 Å².